The first kappa shape index (κ1) is 19.8. The maximum atomic E-state index is 12.2. The van der Waals surface area contributed by atoms with Crippen molar-refractivity contribution in [2.45, 2.75) is 38.0 Å². The Morgan fingerprint density at radius 1 is 1.22 bits per heavy atom. The van der Waals surface area contributed by atoms with Crippen LogP contribution in [0.25, 0.3) is 0 Å². The smallest absolute Gasteiger partial charge is 0.310 e. The van der Waals surface area contributed by atoms with Crippen molar-refractivity contribution in [3.8, 4) is 5.75 Å². The molecule has 1 aliphatic carbocycles. The minimum atomic E-state index is -0.644. The minimum Gasteiger partial charge on any atom is -0.497 e. The van der Waals surface area contributed by atoms with Crippen LogP contribution in [-0.2, 0) is 4.79 Å². The Bertz CT molecular complexity index is 495. The predicted octanol–water partition coefficient (Wildman–Crippen LogP) is 3.80. The number of carboxylic acids is 1. The Hall–Kier alpha value is -1.26. The van der Waals surface area contributed by atoms with E-state index in [9.17, 15) is 9.90 Å². The largest absolute Gasteiger partial charge is 0.497 e. The summed E-state index contributed by atoms with van der Waals surface area (Å²) in [4.78, 5) is 14.2. The Morgan fingerprint density at radius 3 is 2.22 bits per heavy atom. The predicted molar refractivity (Wildman–Crippen MR) is 94.7 cm³/mol. The molecule has 23 heavy (non-hydrogen) atoms. The van der Waals surface area contributed by atoms with Gasteiger partial charge in [-0.1, -0.05) is 31.4 Å². The van der Waals surface area contributed by atoms with Crippen molar-refractivity contribution in [2.75, 3.05) is 27.7 Å². The third-order valence-corrected chi connectivity index (χ3v) is 4.90. The second-order valence-electron chi connectivity index (χ2n) is 6.61. The molecular weight excluding hydrogens is 314 g/mol. The number of hydrogen-bond donors (Lipinski definition) is 1. The molecule has 0 amide bonds. The van der Waals surface area contributed by atoms with Crippen molar-refractivity contribution >= 4 is 18.4 Å². The van der Waals surface area contributed by atoms with E-state index in [4.69, 9.17) is 4.74 Å². The fourth-order valence-electron chi connectivity index (χ4n) is 3.69. The van der Waals surface area contributed by atoms with E-state index in [1.807, 2.05) is 38.4 Å². The van der Waals surface area contributed by atoms with Gasteiger partial charge >= 0.3 is 5.97 Å². The molecule has 2 rings (SSSR count). The summed E-state index contributed by atoms with van der Waals surface area (Å²) in [7, 11) is 5.66. The molecule has 0 aromatic heterocycles. The highest BCUT2D eigenvalue weighted by molar-refractivity contribution is 5.85. The van der Waals surface area contributed by atoms with Gasteiger partial charge in [-0.15, -0.1) is 12.4 Å². The molecule has 1 unspecified atom stereocenters. The molecule has 5 heteroatoms. The van der Waals surface area contributed by atoms with Gasteiger partial charge in [-0.05, 0) is 44.6 Å². The summed E-state index contributed by atoms with van der Waals surface area (Å²) in [6, 6.07) is 7.89. The number of methoxy groups -OCH3 is 1. The van der Waals surface area contributed by atoms with Crippen molar-refractivity contribution in [1.29, 1.82) is 0 Å². The van der Waals surface area contributed by atoms with Crippen molar-refractivity contribution in [3.05, 3.63) is 29.8 Å². The molecule has 1 N–H and O–H groups in total. The summed E-state index contributed by atoms with van der Waals surface area (Å²) in [5.74, 6) is 0.168. The van der Waals surface area contributed by atoms with Gasteiger partial charge in [0.05, 0.1) is 12.5 Å². The maximum absolute atomic E-state index is 12.2. The highest BCUT2D eigenvalue weighted by Gasteiger charge is 2.47. The lowest BCUT2D eigenvalue weighted by Crippen LogP contribution is -2.43. The summed E-state index contributed by atoms with van der Waals surface area (Å²) in [6.07, 6.45) is 4.70. The van der Waals surface area contributed by atoms with E-state index in [1.54, 1.807) is 7.11 Å². The van der Waals surface area contributed by atoms with Gasteiger partial charge in [-0.25, -0.2) is 0 Å². The second kappa shape index (κ2) is 8.55. The van der Waals surface area contributed by atoms with Crippen LogP contribution in [0.3, 0.4) is 0 Å². The van der Waals surface area contributed by atoms with Crippen LogP contribution in [0.1, 0.15) is 43.6 Å². The first-order chi connectivity index (χ1) is 10.5. The highest BCUT2D eigenvalue weighted by atomic mass is 35.5. The molecule has 0 bridgehead atoms. The minimum absolute atomic E-state index is 0. The van der Waals surface area contributed by atoms with E-state index in [1.165, 1.54) is 0 Å². The van der Waals surface area contributed by atoms with Crippen molar-refractivity contribution in [3.63, 3.8) is 0 Å². The summed E-state index contributed by atoms with van der Waals surface area (Å²) in [5.41, 5.74) is 0.454. The molecule has 0 aliphatic heterocycles. The topological polar surface area (TPSA) is 49.8 Å². The SMILES string of the molecule is COc1ccc(C(CN(C)C)C2(C(=O)O)CCCCC2)cc1.Cl. The molecule has 1 atom stereocenters. The molecule has 1 aromatic carbocycles. The van der Waals surface area contributed by atoms with E-state index in [-0.39, 0.29) is 18.3 Å². The number of carbonyl (C=O) groups is 1. The number of hydrogen-bond acceptors (Lipinski definition) is 3. The van der Waals surface area contributed by atoms with Gasteiger partial charge in [-0.3, -0.25) is 4.79 Å². The van der Waals surface area contributed by atoms with Crippen LogP contribution in [0.15, 0.2) is 24.3 Å². The number of rotatable bonds is 6. The number of carboxylic acid groups (broad SMARTS) is 1. The van der Waals surface area contributed by atoms with Crippen LogP contribution < -0.4 is 4.74 Å². The summed E-state index contributed by atoms with van der Waals surface area (Å²) in [6.45, 7) is 0.749. The normalized spacial score (nSPS) is 18.1. The third-order valence-electron chi connectivity index (χ3n) is 4.90. The molecule has 130 valence electrons. The molecule has 1 aromatic rings. The molecule has 0 spiro atoms. The monoisotopic (exact) mass is 341 g/mol. The number of likely N-dealkylation sites (N-methyl/N-ethyl adjacent to an activating group) is 1. The standard InChI is InChI=1S/C18H27NO3.ClH/c1-19(2)13-16(14-7-9-15(22-3)10-8-14)18(17(20)21)11-5-4-6-12-18;/h7-10,16H,4-6,11-13H2,1-3H3,(H,20,21);1H. The van der Waals surface area contributed by atoms with Crippen LogP contribution in [0.4, 0.5) is 0 Å². The van der Waals surface area contributed by atoms with Crippen LogP contribution in [0.5, 0.6) is 5.75 Å². The fourth-order valence-corrected chi connectivity index (χ4v) is 3.69. The molecule has 0 radical (unpaired) electrons. The Balaban J connectivity index is 0.00000264. The molecule has 1 fully saturated rings. The van der Waals surface area contributed by atoms with Gasteiger partial charge < -0.3 is 14.7 Å². The van der Waals surface area contributed by atoms with E-state index in [2.05, 4.69) is 4.90 Å². The van der Waals surface area contributed by atoms with E-state index in [0.29, 0.717) is 0 Å². The summed E-state index contributed by atoms with van der Waals surface area (Å²) >= 11 is 0. The van der Waals surface area contributed by atoms with Gasteiger partial charge in [0, 0.05) is 12.5 Å². The first-order valence-corrected chi connectivity index (χ1v) is 8.01. The Kier molecular flexibility index (Phi) is 7.36. The maximum Gasteiger partial charge on any atom is 0.310 e. The van der Waals surface area contributed by atoms with Crippen molar-refractivity contribution < 1.29 is 14.6 Å². The summed E-state index contributed by atoms with van der Waals surface area (Å²) < 4.78 is 5.22. The zero-order valence-corrected chi connectivity index (χ0v) is 15.1. The van der Waals surface area contributed by atoms with Crippen LogP contribution in [-0.4, -0.2) is 43.7 Å². The molecule has 1 saturated carbocycles. The zero-order chi connectivity index (χ0) is 16.2. The first-order valence-electron chi connectivity index (χ1n) is 8.01. The Labute approximate surface area is 145 Å². The average molecular weight is 342 g/mol. The lowest BCUT2D eigenvalue weighted by atomic mass is 9.63. The fraction of sp³-hybridized carbons (Fsp3) is 0.611. The molecule has 0 heterocycles. The van der Waals surface area contributed by atoms with Gasteiger partial charge in [0.25, 0.3) is 0 Å². The lowest BCUT2D eigenvalue weighted by Gasteiger charge is -2.41. The van der Waals surface area contributed by atoms with E-state index in [0.717, 1.165) is 50.0 Å². The highest BCUT2D eigenvalue weighted by Crippen LogP contribution is 2.48. The molecule has 4 nitrogen and oxygen atoms in total. The second-order valence-corrected chi connectivity index (χ2v) is 6.61. The van der Waals surface area contributed by atoms with Crippen LogP contribution in [0.2, 0.25) is 0 Å². The number of aliphatic carboxylic acids is 1. The van der Waals surface area contributed by atoms with Crippen LogP contribution in [0, 0.1) is 5.41 Å². The Morgan fingerprint density at radius 2 is 1.78 bits per heavy atom. The number of benzene rings is 1. The molecular formula is C18H28ClNO3. The van der Waals surface area contributed by atoms with Crippen LogP contribution >= 0.6 is 12.4 Å². The third kappa shape index (κ3) is 4.39. The van der Waals surface area contributed by atoms with E-state index < -0.39 is 11.4 Å². The zero-order valence-electron chi connectivity index (χ0n) is 14.2. The quantitative estimate of drug-likeness (QED) is 0.855. The molecule has 1 aliphatic rings. The number of ether oxygens (including phenoxy) is 1. The van der Waals surface area contributed by atoms with Crippen molar-refractivity contribution in [2.24, 2.45) is 5.41 Å². The van der Waals surface area contributed by atoms with Gasteiger partial charge in [0.15, 0.2) is 0 Å². The number of nitrogens with zero attached hydrogens (tertiary/aromatic N) is 1. The van der Waals surface area contributed by atoms with Gasteiger partial charge in [0.2, 0.25) is 0 Å². The summed E-state index contributed by atoms with van der Waals surface area (Å²) in [5, 5.41) is 9.99. The van der Waals surface area contributed by atoms with E-state index >= 15 is 0 Å². The number of halogens is 1. The van der Waals surface area contributed by atoms with Gasteiger partial charge in [0.1, 0.15) is 5.75 Å². The van der Waals surface area contributed by atoms with Crippen molar-refractivity contribution in [1.82, 2.24) is 4.90 Å². The molecule has 0 saturated heterocycles. The van der Waals surface area contributed by atoms with Gasteiger partial charge in [-0.2, -0.15) is 0 Å². The lowest BCUT2D eigenvalue weighted by molar-refractivity contribution is -0.153. The average Bonchev–Trinajstić information content (AvgIpc) is 2.53.